The van der Waals surface area contributed by atoms with Gasteiger partial charge in [0, 0.05) is 25.2 Å². The fourth-order valence-electron chi connectivity index (χ4n) is 2.13. The van der Waals surface area contributed by atoms with Gasteiger partial charge in [0.1, 0.15) is 7.85 Å². The molecule has 1 aliphatic rings. The molecule has 4 heteroatoms. The van der Waals surface area contributed by atoms with Crippen molar-refractivity contribution in [3.05, 3.63) is 0 Å². The summed E-state index contributed by atoms with van der Waals surface area (Å²) >= 11 is 0. The molecule has 0 saturated carbocycles. The zero-order valence-corrected chi connectivity index (χ0v) is 10.3. The van der Waals surface area contributed by atoms with Crippen molar-refractivity contribution in [2.75, 3.05) is 32.8 Å². The van der Waals surface area contributed by atoms with Gasteiger partial charge >= 0.3 is 0 Å². The minimum atomic E-state index is -0.0213. The van der Waals surface area contributed by atoms with Crippen LogP contribution in [0.3, 0.4) is 0 Å². The molecule has 2 N–H and O–H groups in total. The van der Waals surface area contributed by atoms with Crippen LogP contribution < -0.4 is 5.73 Å². The molecule has 1 heterocycles. The lowest BCUT2D eigenvalue weighted by molar-refractivity contribution is 0.0280. The lowest BCUT2D eigenvalue weighted by Crippen LogP contribution is -2.50. The third kappa shape index (κ3) is 5.54. The van der Waals surface area contributed by atoms with Crippen LogP contribution in [0.15, 0.2) is 0 Å². The van der Waals surface area contributed by atoms with E-state index in [-0.39, 0.29) is 5.54 Å². The van der Waals surface area contributed by atoms with Crippen molar-refractivity contribution in [1.82, 2.24) is 4.90 Å². The molecule has 3 nitrogen and oxygen atoms in total. The molecule has 1 aliphatic heterocycles. The first kappa shape index (κ1) is 13.0. The van der Waals surface area contributed by atoms with Gasteiger partial charge in [-0.2, -0.15) is 0 Å². The van der Waals surface area contributed by atoms with Gasteiger partial charge in [0.15, 0.2) is 0 Å². The normalized spacial score (nSPS) is 22.5. The highest BCUT2D eigenvalue weighted by Crippen LogP contribution is 2.14. The van der Waals surface area contributed by atoms with Gasteiger partial charge in [-0.3, -0.25) is 4.90 Å². The predicted octanol–water partition coefficient (Wildman–Crippen LogP) is 0.258. The van der Waals surface area contributed by atoms with E-state index in [1.807, 2.05) is 0 Å². The summed E-state index contributed by atoms with van der Waals surface area (Å²) in [7, 11) is 2.23. The van der Waals surface area contributed by atoms with Crippen molar-refractivity contribution in [2.45, 2.75) is 38.0 Å². The number of rotatable bonds is 6. The Hall–Kier alpha value is -0.0551. The summed E-state index contributed by atoms with van der Waals surface area (Å²) in [4.78, 5) is 2.43. The molecule has 0 amide bonds. The zero-order valence-electron chi connectivity index (χ0n) is 10.3. The number of hydrogen-bond donors (Lipinski definition) is 1. The van der Waals surface area contributed by atoms with E-state index in [1.54, 1.807) is 0 Å². The summed E-state index contributed by atoms with van der Waals surface area (Å²) in [5.41, 5.74) is 6.28. The number of morpholine rings is 1. The first-order valence-corrected chi connectivity index (χ1v) is 6.23. The Morgan fingerprint density at radius 2 is 2.00 bits per heavy atom. The lowest BCUT2D eigenvalue weighted by Gasteiger charge is -2.34. The van der Waals surface area contributed by atoms with Gasteiger partial charge < -0.3 is 10.5 Å². The van der Waals surface area contributed by atoms with Crippen LogP contribution in [0.5, 0.6) is 0 Å². The van der Waals surface area contributed by atoms with Crippen molar-refractivity contribution >= 4 is 7.85 Å². The maximum Gasteiger partial charge on any atom is 0.101 e. The van der Waals surface area contributed by atoms with Crippen LogP contribution >= 0.6 is 0 Å². The van der Waals surface area contributed by atoms with E-state index >= 15 is 0 Å². The molecule has 0 aromatic heterocycles. The van der Waals surface area contributed by atoms with Crippen molar-refractivity contribution in [3.63, 3.8) is 0 Å². The molecule has 0 aromatic rings. The Balaban J connectivity index is 2.20. The third-order valence-electron chi connectivity index (χ3n) is 3.04. The SMILES string of the molecule is BCCCCC(C)(N)CN1CCOCC1. The summed E-state index contributed by atoms with van der Waals surface area (Å²) in [5.74, 6) is 0. The maximum absolute atomic E-state index is 6.31. The second-order valence-electron chi connectivity index (χ2n) is 5.00. The van der Waals surface area contributed by atoms with Crippen LogP contribution in [-0.4, -0.2) is 51.1 Å². The molecular formula is C11H25BN2O. The molecule has 15 heavy (non-hydrogen) atoms. The van der Waals surface area contributed by atoms with Crippen molar-refractivity contribution in [3.8, 4) is 0 Å². The fourth-order valence-corrected chi connectivity index (χ4v) is 2.13. The summed E-state index contributed by atoms with van der Waals surface area (Å²) in [6, 6.07) is 0. The molecule has 1 fully saturated rings. The molecule has 1 atom stereocenters. The fraction of sp³-hybridized carbons (Fsp3) is 1.00. The van der Waals surface area contributed by atoms with Crippen LogP contribution in [0.4, 0.5) is 0 Å². The summed E-state index contributed by atoms with van der Waals surface area (Å²) in [5, 5.41) is 0. The first-order valence-electron chi connectivity index (χ1n) is 6.23. The van der Waals surface area contributed by atoms with Crippen LogP contribution in [0, 0.1) is 0 Å². The molecule has 88 valence electrons. The summed E-state index contributed by atoms with van der Waals surface area (Å²) < 4.78 is 5.33. The topological polar surface area (TPSA) is 38.5 Å². The zero-order chi connectivity index (χ0) is 11.1. The molecule has 0 bridgehead atoms. The van der Waals surface area contributed by atoms with Gasteiger partial charge in [-0.1, -0.05) is 19.2 Å². The average molecular weight is 212 g/mol. The van der Waals surface area contributed by atoms with Gasteiger partial charge in [0.25, 0.3) is 0 Å². The second-order valence-corrected chi connectivity index (χ2v) is 5.00. The lowest BCUT2D eigenvalue weighted by atomic mass is 9.91. The van der Waals surface area contributed by atoms with Crippen molar-refractivity contribution in [1.29, 1.82) is 0 Å². The second kappa shape index (κ2) is 6.51. The minimum absolute atomic E-state index is 0.0213. The molecule has 0 spiro atoms. The smallest absolute Gasteiger partial charge is 0.101 e. The minimum Gasteiger partial charge on any atom is -0.379 e. The standard InChI is InChI=1S/C11H25BN2O/c1-11(13,4-2-3-5-12)10-14-6-8-15-9-7-14/h2-10,12-13H2,1H3. The summed E-state index contributed by atoms with van der Waals surface area (Å²) in [6.07, 6.45) is 4.97. The van der Waals surface area contributed by atoms with Gasteiger partial charge in [-0.25, -0.2) is 0 Å². The first-order chi connectivity index (χ1) is 7.14. The quantitative estimate of drug-likeness (QED) is 0.507. The van der Waals surface area contributed by atoms with Crippen LogP contribution in [-0.2, 0) is 4.74 Å². The molecule has 1 rings (SSSR count). The Bertz CT molecular complexity index is 170. The van der Waals surface area contributed by atoms with Gasteiger partial charge in [0.05, 0.1) is 13.2 Å². The number of unbranched alkanes of at least 4 members (excludes halogenated alkanes) is 1. The highest BCUT2D eigenvalue weighted by molar-refractivity contribution is 6.08. The Labute approximate surface area is 94.7 Å². The van der Waals surface area contributed by atoms with Crippen molar-refractivity contribution in [2.24, 2.45) is 5.73 Å². The average Bonchev–Trinajstić information content (AvgIpc) is 2.18. The Kier molecular flexibility index (Phi) is 5.65. The molecule has 1 unspecified atom stereocenters. The van der Waals surface area contributed by atoms with E-state index in [0.717, 1.165) is 39.3 Å². The van der Waals surface area contributed by atoms with Crippen LogP contribution in [0.1, 0.15) is 26.2 Å². The molecule has 0 aliphatic carbocycles. The predicted molar refractivity (Wildman–Crippen MR) is 67.1 cm³/mol. The number of hydrogen-bond acceptors (Lipinski definition) is 3. The van der Waals surface area contributed by atoms with Gasteiger partial charge in [0.2, 0.25) is 0 Å². The number of ether oxygens (including phenoxy) is 1. The van der Waals surface area contributed by atoms with E-state index in [1.165, 1.54) is 19.2 Å². The van der Waals surface area contributed by atoms with E-state index in [9.17, 15) is 0 Å². The Morgan fingerprint density at radius 3 is 2.60 bits per heavy atom. The Morgan fingerprint density at radius 1 is 1.33 bits per heavy atom. The van der Waals surface area contributed by atoms with Crippen LogP contribution in [0.25, 0.3) is 0 Å². The van der Waals surface area contributed by atoms with Crippen molar-refractivity contribution < 1.29 is 4.74 Å². The third-order valence-corrected chi connectivity index (χ3v) is 3.04. The molecular weight excluding hydrogens is 187 g/mol. The monoisotopic (exact) mass is 212 g/mol. The molecule has 0 radical (unpaired) electrons. The number of nitrogens with two attached hydrogens (primary N) is 1. The van der Waals surface area contributed by atoms with Crippen LogP contribution in [0.2, 0.25) is 6.32 Å². The van der Waals surface area contributed by atoms with E-state index in [0.29, 0.717) is 0 Å². The molecule has 0 aromatic carbocycles. The highest BCUT2D eigenvalue weighted by atomic mass is 16.5. The number of nitrogens with zero attached hydrogens (tertiary/aromatic N) is 1. The van der Waals surface area contributed by atoms with E-state index in [2.05, 4.69) is 19.7 Å². The largest absolute Gasteiger partial charge is 0.379 e. The molecule has 1 saturated heterocycles. The van der Waals surface area contributed by atoms with E-state index < -0.39 is 0 Å². The highest BCUT2D eigenvalue weighted by Gasteiger charge is 2.22. The van der Waals surface area contributed by atoms with Gasteiger partial charge in [-0.05, 0) is 13.3 Å². The van der Waals surface area contributed by atoms with Gasteiger partial charge in [-0.15, -0.1) is 0 Å². The summed E-state index contributed by atoms with van der Waals surface area (Å²) in [6.45, 7) is 7.01. The van der Waals surface area contributed by atoms with E-state index in [4.69, 9.17) is 10.5 Å². The maximum atomic E-state index is 6.31.